The van der Waals surface area contributed by atoms with E-state index in [9.17, 15) is 13.2 Å². The molecule has 0 saturated carbocycles. The molecular formula is C15H17N3O4S. The first-order valence-electron chi connectivity index (χ1n) is 6.90. The Labute approximate surface area is 134 Å². The third kappa shape index (κ3) is 4.57. The minimum absolute atomic E-state index is 0.0603. The Hall–Kier alpha value is -2.32. The first kappa shape index (κ1) is 17.0. The number of aromatic nitrogens is 2. The van der Waals surface area contributed by atoms with Crippen LogP contribution in [0.2, 0.25) is 0 Å². The fraction of sp³-hybridized carbons (Fsp3) is 0.267. The number of nitrogens with one attached hydrogen (secondary N) is 1. The van der Waals surface area contributed by atoms with Gasteiger partial charge in [-0.1, -0.05) is 0 Å². The number of sulfonamides is 1. The van der Waals surface area contributed by atoms with E-state index in [2.05, 4.69) is 14.7 Å². The third-order valence-corrected chi connectivity index (χ3v) is 4.53. The van der Waals surface area contributed by atoms with Crippen LogP contribution in [-0.4, -0.2) is 36.0 Å². The summed E-state index contributed by atoms with van der Waals surface area (Å²) in [6.45, 7) is 3.60. The van der Waals surface area contributed by atoms with Crippen molar-refractivity contribution in [3.8, 4) is 0 Å². The molecule has 1 aromatic heterocycles. The molecule has 0 amide bonds. The van der Waals surface area contributed by atoms with E-state index < -0.39 is 16.0 Å². The van der Waals surface area contributed by atoms with Gasteiger partial charge in [0.25, 0.3) is 0 Å². The number of carboxylic acids is 1. The molecule has 0 saturated heterocycles. The molecule has 0 aliphatic heterocycles. The molecule has 2 N–H and O–H groups in total. The summed E-state index contributed by atoms with van der Waals surface area (Å²) in [6, 6.07) is 4.00. The van der Waals surface area contributed by atoms with Crippen molar-refractivity contribution in [3.63, 3.8) is 0 Å². The van der Waals surface area contributed by atoms with Gasteiger partial charge >= 0.3 is 5.97 Å². The molecule has 0 bridgehead atoms. The van der Waals surface area contributed by atoms with Gasteiger partial charge in [0.2, 0.25) is 10.0 Å². The minimum Gasteiger partial charge on any atom is -0.478 e. The van der Waals surface area contributed by atoms with Crippen LogP contribution in [-0.2, 0) is 16.4 Å². The summed E-state index contributed by atoms with van der Waals surface area (Å²) < 4.78 is 27.0. The zero-order valence-electron chi connectivity index (χ0n) is 12.8. The van der Waals surface area contributed by atoms with E-state index in [-0.39, 0.29) is 17.0 Å². The van der Waals surface area contributed by atoms with Crippen LogP contribution in [0.1, 0.15) is 27.3 Å². The van der Waals surface area contributed by atoms with Crippen molar-refractivity contribution in [2.45, 2.75) is 25.2 Å². The van der Waals surface area contributed by atoms with Gasteiger partial charge in [-0.05, 0) is 37.6 Å². The summed E-state index contributed by atoms with van der Waals surface area (Å²) in [5, 5.41) is 9.02. The standard InChI is InChI=1S/C15H17N3O4S/c1-10-5-12(15(19)20)7-14(6-10)23(21,22)17-4-3-13-9-16-8-11(2)18-13/h5-9,17H,3-4H2,1-2H3,(H,19,20). The minimum atomic E-state index is -3.78. The normalized spacial score (nSPS) is 11.4. The number of benzene rings is 1. The average Bonchev–Trinajstić information content (AvgIpc) is 2.46. The van der Waals surface area contributed by atoms with Crippen molar-refractivity contribution < 1.29 is 18.3 Å². The van der Waals surface area contributed by atoms with Crippen molar-refractivity contribution in [1.82, 2.24) is 14.7 Å². The lowest BCUT2D eigenvalue weighted by molar-refractivity contribution is 0.0696. The fourth-order valence-corrected chi connectivity index (χ4v) is 3.22. The Balaban J connectivity index is 2.11. The highest BCUT2D eigenvalue weighted by molar-refractivity contribution is 7.89. The first-order chi connectivity index (χ1) is 10.8. The highest BCUT2D eigenvalue weighted by atomic mass is 32.2. The van der Waals surface area contributed by atoms with Gasteiger partial charge in [-0.2, -0.15) is 0 Å². The van der Waals surface area contributed by atoms with Crippen molar-refractivity contribution in [2.24, 2.45) is 0 Å². The summed E-state index contributed by atoms with van der Waals surface area (Å²) in [7, 11) is -3.78. The van der Waals surface area contributed by atoms with Gasteiger partial charge in [-0.15, -0.1) is 0 Å². The molecular weight excluding hydrogens is 318 g/mol. The summed E-state index contributed by atoms with van der Waals surface area (Å²) in [5.41, 5.74) is 1.95. The van der Waals surface area contributed by atoms with E-state index in [1.165, 1.54) is 12.1 Å². The smallest absolute Gasteiger partial charge is 0.335 e. The van der Waals surface area contributed by atoms with Crippen molar-refractivity contribution >= 4 is 16.0 Å². The Kier molecular flexibility index (Phi) is 5.07. The third-order valence-electron chi connectivity index (χ3n) is 3.09. The molecule has 0 fully saturated rings. The summed E-state index contributed by atoms with van der Waals surface area (Å²) >= 11 is 0. The van der Waals surface area contributed by atoms with E-state index in [1.54, 1.807) is 26.2 Å². The number of carboxylic acid groups (broad SMARTS) is 1. The lowest BCUT2D eigenvalue weighted by Crippen LogP contribution is -2.26. The number of nitrogens with zero attached hydrogens (tertiary/aromatic N) is 2. The number of hydrogen-bond donors (Lipinski definition) is 2. The van der Waals surface area contributed by atoms with E-state index in [4.69, 9.17) is 5.11 Å². The number of aromatic carboxylic acids is 1. The molecule has 0 spiro atoms. The Morgan fingerprint density at radius 3 is 2.61 bits per heavy atom. The van der Waals surface area contributed by atoms with Gasteiger partial charge in [0.1, 0.15) is 0 Å². The van der Waals surface area contributed by atoms with E-state index in [1.807, 2.05) is 0 Å². The maximum absolute atomic E-state index is 12.3. The van der Waals surface area contributed by atoms with Crippen LogP contribution in [0.4, 0.5) is 0 Å². The van der Waals surface area contributed by atoms with Crippen LogP contribution < -0.4 is 4.72 Å². The average molecular weight is 335 g/mol. The molecule has 2 rings (SSSR count). The number of hydrogen-bond acceptors (Lipinski definition) is 5. The van der Waals surface area contributed by atoms with Crippen LogP contribution in [0.25, 0.3) is 0 Å². The van der Waals surface area contributed by atoms with Gasteiger partial charge in [0.05, 0.1) is 21.8 Å². The molecule has 23 heavy (non-hydrogen) atoms. The molecule has 122 valence electrons. The summed E-state index contributed by atoms with van der Waals surface area (Å²) in [5.74, 6) is -1.17. The topological polar surface area (TPSA) is 109 Å². The maximum Gasteiger partial charge on any atom is 0.335 e. The predicted octanol–water partition coefficient (Wildman–Crippen LogP) is 1.31. The molecule has 0 radical (unpaired) electrons. The summed E-state index contributed by atoms with van der Waals surface area (Å²) in [6.07, 6.45) is 3.59. The highest BCUT2D eigenvalue weighted by Crippen LogP contribution is 2.15. The maximum atomic E-state index is 12.3. The Bertz CT molecular complexity index is 834. The largest absolute Gasteiger partial charge is 0.478 e. The van der Waals surface area contributed by atoms with Crippen LogP contribution in [0.3, 0.4) is 0 Å². The van der Waals surface area contributed by atoms with E-state index >= 15 is 0 Å². The van der Waals surface area contributed by atoms with Gasteiger partial charge in [0.15, 0.2) is 0 Å². The molecule has 0 aliphatic rings. The zero-order chi connectivity index (χ0) is 17.0. The zero-order valence-corrected chi connectivity index (χ0v) is 13.6. The molecule has 0 aliphatic carbocycles. The molecule has 8 heteroatoms. The first-order valence-corrected chi connectivity index (χ1v) is 8.38. The second-order valence-corrected chi connectivity index (χ2v) is 6.91. The van der Waals surface area contributed by atoms with Crippen LogP contribution >= 0.6 is 0 Å². The quantitative estimate of drug-likeness (QED) is 0.824. The monoisotopic (exact) mass is 335 g/mol. The second kappa shape index (κ2) is 6.84. The SMILES string of the molecule is Cc1cc(C(=O)O)cc(S(=O)(=O)NCCc2cncc(C)n2)c1. The van der Waals surface area contributed by atoms with Crippen LogP contribution in [0.5, 0.6) is 0 Å². The van der Waals surface area contributed by atoms with Crippen molar-refractivity contribution in [3.05, 3.63) is 53.1 Å². The predicted molar refractivity (Wildman–Crippen MR) is 83.8 cm³/mol. The van der Waals surface area contributed by atoms with Gasteiger partial charge in [-0.25, -0.2) is 17.9 Å². The number of aryl methyl sites for hydroxylation is 2. The number of carbonyl (C=O) groups is 1. The summed E-state index contributed by atoms with van der Waals surface area (Å²) in [4.78, 5) is 19.2. The van der Waals surface area contributed by atoms with Crippen molar-refractivity contribution in [2.75, 3.05) is 6.54 Å². The van der Waals surface area contributed by atoms with E-state index in [0.717, 1.165) is 11.8 Å². The second-order valence-electron chi connectivity index (χ2n) is 5.14. The lowest BCUT2D eigenvalue weighted by atomic mass is 10.1. The molecule has 2 aromatic rings. The lowest BCUT2D eigenvalue weighted by Gasteiger charge is -2.08. The van der Waals surface area contributed by atoms with Gasteiger partial charge < -0.3 is 5.11 Å². The molecule has 0 atom stereocenters. The molecule has 1 heterocycles. The van der Waals surface area contributed by atoms with Crippen LogP contribution in [0.15, 0.2) is 35.5 Å². The fourth-order valence-electron chi connectivity index (χ4n) is 2.06. The van der Waals surface area contributed by atoms with Crippen molar-refractivity contribution in [1.29, 1.82) is 0 Å². The molecule has 1 aromatic carbocycles. The van der Waals surface area contributed by atoms with E-state index in [0.29, 0.717) is 17.7 Å². The number of rotatable bonds is 6. The Morgan fingerprint density at radius 1 is 1.22 bits per heavy atom. The molecule has 7 nitrogen and oxygen atoms in total. The van der Waals surface area contributed by atoms with Gasteiger partial charge in [0, 0.05) is 25.4 Å². The van der Waals surface area contributed by atoms with Crippen LogP contribution in [0, 0.1) is 13.8 Å². The highest BCUT2D eigenvalue weighted by Gasteiger charge is 2.17. The molecule has 0 unspecified atom stereocenters. The Morgan fingerprint density at radius 2 is 1.96 bits per heavy atom. The van der Waals surface area contributed by atoms with Gasteiger partial charge in [-0.3, -0.25) is 9.97 Å².